The summed E-state index contributed by atoms with van der Waals surface area (Å²) in [7, 11) is 0. The number of likely N-dealkylation sites (tertiary alicyclic amines) is 1. The minimum atomic E-state index is -1.14. The number of rotatable bonds is 5. The van der Waals surface area contributed by atoms with Crippen LogP contribution in [0.1, 0.15) is 48.9 Å². The van der Waals surface area contributed by atoms with Crippen LogP contribution in [0.5, 0.6) is 0 Å². The van der Waals surface area contributed by atoms with E-state index in [0.717, 1.165) is 18.7 Å². The molecule has 8 nitrogen and oxygen atoms in total. The van der Waals surface area contributed by atoms with E-state index in [1.54, 1.807) is 11.1 Å². The van der Waals surface area contributed by atoms with Gasteiger partial charge in [-0.3, -0.25) is 9.48 Å². The number of aromatic amines is 1. The Morgan fingerprint density at radius 3 is 2.88 bits per heavy atom. The molecule has 0 radical (unpaired) electrons. The van der Waals surface area contributed by atoms with Gasteiger partial charge in [-0.1, -0.05) is 20.8 Å². The van der Waals surface area contributed by atoms with Crippen LogP contribution in [-0.2, 0) is 18.6 Å². The normalized spacial score (nSPS) is 21.0. The molecule has 1 amide bonds. The Morgan fingerprint density at radius 2 is 2.25 bits per heavy atom. The van der Waals surface area contributed by atoms with Crippen molar-refractivity contribution in [3.8, 4) is 0 Å². The Bertz CT molecular complexity index is 708. The quantitative estimate of drug-likeness (QED) is 0.849. The highest BCUT2D eigenvalue weighted by atomic mass is 16.3. The summed E-state index contributed by atoms with van der Waals surface area (Å²) in [6.07, 6.45) is 4.35. The maximum Gasteiger partial charge on any atom is 0.257 e. The first-order valence-corrected chi connectivity index (χ1v) is 8.37. The summed E-state index contributed by atoms with van der Waals surface area (Å²) in [5.74, 6) is 0.378. The van der Waals surface area contributed by atoms with Gasteiger partial charge in [0.25, 0.3) is 5.91 Å². The highest BCUT2D eigenvalue weighted by Crippen LogP contribution is 2.31. The van der Waals surface area contributed by atoms with Gasteiger partial charge in [-0.2, -0.15) is 20.5 Å². The lowest BCUT2D eigenvalue weighted by Crippen LogP contribution is -2.35. The van der Waals surface area contributed by atoms with Crippen LogP contribution in [0.3, 0.4) is 0 Å². The second-order valence-corrected chi connectivity index (χ2v) is 6.80. The van der Waals surface area contributed by atoms with E-state index < -0.39 is 5.60 Å². The molecular weight excluding hydrogens is 308 g/mol. The lowest BCUT2D eigenvalue weighted by Gasteiger charge is -2.21. The van der Waals surface area contributed by atoms with Crippen molar-refractivity contribution in [2.75, 3.05) is 13.1 Å². The van der Waals surface area contributed by atoms with Gasteiger partial charge in [0.05, 0.1) is 30.2 Å². The summed E-state index contributed by atoms with van der Waals surface area (Å²) < 4.78 is 1.91. The van der Waals surface area contributed by atoms with Crippen LogP contribution in [0.4, 0.5) is 0 Å². The molecule has 8 heteroatoms. The van der Waals surface area contributed by atoms with Crippen molar-refractivity contribution in [2.24, 2.45) is 5.92 Å². The number of carbonyl (C=O) groups is 1. The summed E-state index contributed by atoms with van der Waals surface area (Å²) in [5, 5.41) is 25.3. The zero-order chi connectivity index (χ0) is 17.3. The van der Waals surface area contributed by atoms with Crippen molar-refractivity contribution < 1.29 is 9.90 Å². The van der Waals surface area contributed by atoms with Gasteiger partial charge in [0.1, 0.15) is 11.3 Å². The molecule has 1 aliphatic rings. The van der Waals surface area contributed by atoms with E-state index in [0.29, 0.717) is 30.1 Å². The fourth-order valence-corrected chi connectivity index (χ4v) is 3.24. The van der Waals surface area contributed by atoms with Gasteiger partial charge in [0.2, 0.25) is 0 Å². The number of H-pyrrole nitrogens is 1. The van der Waals surface area contributed by atoms with Gasteiger partial charge in [-0.15, -0.1) is 0 Å². The molecule has 3 heterocycles. The molecule has 3 rings (SSSR count). The number of nitrogens with one attached hydrogen (secondary N) is 1. The van der Waals surface area contributed by atoms with Crippen LogP contribution >= 0.6 is 0 Å². The number of nitrogens with zero attached hydrogens (tertiary/aromatic N) is 5. The molecule has 0 aliphatic carbocycles. The van der Waals surface area contributed by atoms with Crippen LogP contribution in [0, 0.1) is 5.92 Å². The van der Waals surface area contributed by atoms with Crippen LogP contribution < -0.4 is 0 Å². The third kappa shape index (κ3) is 2.93. The predicted molar refractivity (Wildman–Crippen MR) is 87.2 cm³/mol. The van der Waals surface area contributed by atoms with Crippen molar-refractivity contribution in [2.45, 2.75) is 45.8 Å². The molecule has 0 bridgehead atoms. The van der Waals surface area contributed by atoms with E-state index in [4.69, 9.17) is 0 Å². The average Bonchev–Trinajstić information content (AvgIpc) is 3.25. The maximum absolute atomic E-state index is 12.9. The van der Waals surface area contributed by atoms with E-state index in [1.807, 2.05) is 11.6 Å². The number of hydrogen-bond acceptors (Lipinski definition) is 5. The van der Waals surface area contributed by atoms with Crippen LogP contribution in [0.2, 0.25) is 0 Å². The highest BCUT2D eigenvalue weighted by Gasteiger charge is 2.42. The molecule has 1 atom stereocenters. The zero-order valence-electron chi connectivity index (χ0n) is 14.4. The second-order valence-electron chi connectivity index (χ2n) is 6.80. The van der Waals surface area contributed by atoms with Gasteiger partial charge in [0.15, 0.2) is 0 Å². The fourth-order valence-electron chi connectivity index (χ4n) is 3.24. The topological polar surface area (TPSA) is 99.9 Å². The molecule has 0 spiro atoms. The summed E-state index contributed by atoms with van der Waals surface area (Å²) in [6.45, 7) is 7.78. The standard InChI is InChI=1S/C16H24N6O2/c1-4-13-12(7-18-22(13)9-11(2)3)15(23)21-6-5-16(24,10-21)14-8-17-20-19-14/h7-8,11,24H,4-6,9-10H2,1-3H3,(H,17,19,20). The van der Waals surface area contributed by atoms with Gasteiger partial charge in [-0.25, -0.2) is 0 Å². The number of aromatic nitrogens is 5. The Morgan fingerprint density at radius 1 is 1.46 bits per heavy atom. The molecule has 2 aromatic rings. The Balaban J connectivity index is 1.79. The molecule has 1 fully saturated rings. The summed E-state index contributed by atoms with van der Waals surface area (Å²) >= 11 is 0. The lowest BCUT2D eigenvalue weighted by atomic mass is 10.00. The number of amides is 1. The molecule has 2 N–H and O–H groups in total. The molecule has 2 aromatic heterocycles. The predicted octanol–water partition coefficient (Wildman–Crippen LogP) is 0.953. The minimum Gasteiger partial charge on any atom is -0.381 e. The Hall–Kier alpha value is -2.22. The Labute approximate surface area is 140 Å². The Kier molecular flexibility index (Phi) is 4.40. The lowest BCUT2D eigenvalue weighted by molar-refractivity contribution is 0.0381. The van der Waals surface area contributed by atoms with Crippen molar-refractivity contribution in [3.63, 3.8) is 0 Å². The van der Waals surface area contributed by atoms with E-state index in [2.05, 4.69) is 34.4 Å². The number of β-amino-alcohol motifs (C(OH)–C–C–N with tert-alkyl or cyclic N) is 1. The molecule has 24 heavy (non-hydrogen) atoms. The molecule has 0 aromatic carbocycles. The van der Waals surface area contributed by atoms with Crippen LogP contribution in [0.25, 0.3) is 0 Å². The van der Waals surface area contributed by atoms with E-state index in [1.165, 1.54) is 6.20 Å². The van der Waals surface area contributed by atoms with Gasteiger partial charge >= 0.3 is 0 Å². The first-order valence-electron chi connectivity index (χ1n) is 8.37. The van der Waals surface area contributed by atoms with Gasteiger partial charge < -0.3 is 10.0 Å². The zero-order valence-corrected chi connectivity index (χ0v) is 14.4. The molecule has 1 saturated heterocycles. The fraction of sp³-hybridized carbons (Fsp3) is 0.625. The minimum absolute atomic E-state index is 0.0822. The summed E-state index contributed by atoms with van der Waals surface area (Å²) in [4.78, 5) is 14.6. The van der Waals surface area contributed by atoms with Crippen molar-refractivity contribution >= 4 is 5.91 Å². The first kappa shape index (κ1) is 16.6. The molecule has 1 aliphatic heterocycles. The summed E-state index contributed by atoms with van der Waals surface area (Å²) in [6, 6.07) is 0. The van der Waals surface area contributed by atoms with Crippen LogP contribution in [-0.4, -0.2) is 54.2 Å². The monoisotopic (exact) mass is 332 g/mol. The maximum atomic E-state index is 12.9. The van der Waals surface area contributed by atoms with E-state index >= 15 is 0 Å². The van der Waals surface area contributed by atoms with Crippen molar-refractivity contribution in [3.05, 3.63) is 29.3 Å². The molecular formula is C16H24N6O2. The number of hydrogen-bond donors (Lipinski definition) is 2. The largest absolute Gasteiger partial charge is 0.381 e. The second kappa shape index (κ2) is 6.35. The third-order valence-electron chi connectivity index (χ3n) is 4.48. The highest BCUT2D eigenvalue weighted by molar-refractivity contribution is 5.95. The van der Waals surface area contributed by atoms with Crippen molar-refractivity contribution in [1.82, 2.24) is 30.1 Å². The van der Waals surface area contributed by atoms with E-state index in [9.17, 15) is 9.90 Å². The molecule has 130 valence electrons. The molecule has 1 unspecified atom stereocenters. The van der Waals surface area contributed by atoms with E-state index in [-0.39, 0.29) is 12.5 Å². The third-order valence-corrected chi connectivity index (χ3v) is 4.48. The average molecular weight is 332 g/mol. The number of aliphatic hydroxyl groups is 1. The van der Waals surface area contributed by atoms with Crippen LogP contribution in [0.15, 0.2) is 12.4 Å². The molecule has 0 saturated carbocycles. The summed E-state index contributed by atoms with van der Waals surface area (Å²) in [5.41, 5.74) is 0.917. The first-order chi connectivity index (χ1) is 11.4. The van der Waals surface area contributed by atoms with Crippen molar-refractivity contribution in [1.29, 1.82) is 0 Å². The van der Waals surface area contributed by atoms with Gasteiger partial charge in [0, 0.05) is 19.5 Å². The SMILES string of the molecule is CCc1c(C(=O)N2CCC(O)(c3cn[nH]n3)C2)cnn1CC(C)C. The number of carbonyl (C=O) groups excluding carboxylic acids is 1. The van der Waals surface area contributed by atoms with Gasteiger partial charge in [-0.05, 0) is 12.3 Å². The smallest absolute Gasteiger partial charge is 0.257 e.